The van der Waals surface area contributed by atoms with E-state index < -0.39 is 0 Å². The number of hydrogen-bond acceptors (Lipinski definition) is 1. The fraction of sp³-hybridized carbons (Fsp3) is 0.200. The zero-order valence-corrected chi connectivity index (χ0v) is 15.3. The van der Waals surface area contributed by atoms with Gasteiger partial charge in [-0.15, -0.1) is 0 Å². The number of benzene rings is 3. The summed E-state index contributed by atoms with van der Waals surface area (Å²) in [4.78, 5) is 2.49. The van der Waals surface area contributed by atoms with Crippen molar-refractivity contribution >= 4 is 0 Å². The predicted molar refractivity (Wildman–Crippen MR) is 111 cm³/mol. The van der Waals surface area contributed by atoms with Crippen LogP contribution in [0.3, 0.4) is 0 Å². The van der Waals surface area contributed by atoms with Crippen LogP contribution in [0.4, 0.5) is 0 Å². The Labute approximate surface area is 157 Å². The third-order valence-electron chi connectivity index (χ3n) is 4.47. The molecule has 1 nitrogen and oxygen atoms in total. The van der Waals surface area contributed by atoms with E-state index in [4.69, 9.17) is 0 Å². The molecule has 0 saturated carbocycles. The van der Waals surface area contributed by atoms with Crippen molar-refractivity contribution < 1.29 is 0 Å². The van der Waals surface area contributed by atoms with Crippen LogP contribution in [-0.2, 0) is 19.5 Å². The lowest BCUT2D eigenvalue weighted by molar-refractivity contribution is 0.286. The summed E-state index contributed by atoms with van der Waals surface area (Å²) in [5.41, 5.74) is 4.13. The Bertz CT molecular complexity index is 722. The van der Waals surface area contributed by atoms with Gasteiger partial charge in [-0.05, 0) is 29.5 Å². The second-order valence-electron chi connectivity index (χ2n) is 6.64. The standard InChI is InChI=1S/C25H27N/c1-5-13-23(14-6-1)15-11-4-12-20-26(21-24-16-7-2-8-17-24)22-25-18-9-3-10-19-25/h1-10,12-14,16-19H,11,15,20-22H2/b12-4+. The third kappa shape index (κ3) is 6.34. The summed E-state index contributed by atoms with van der Waals surface area (Å²) >= 11 is 0. The molecule has 0 amide bonds. The molecule has 0 aliphatic rings. The summed E-state index contributed by atoms with van der Waals surface area (Å²) < 4.78 is 0. The van der Waals surface area contributed by atoms with Crippen LogP contribution < -0.4 is 0 Å². The molecule has 0 radical (unpaired) electrons. The van der Waals surface area contributed by atoms with Crippen LogP contribution in [0, 0.1) is 0 Å². The van der Waals surface area contributed by atoms with Gasteiger partial charge in [-0.2, -0.15) is 0 Å². The molecule has 3 aromatic rings. The summed E-state index contributed by atoms with van der Waals surface area (Å²) in [6.45, 7) is 2.91. The first-order valence-electron chi connectivity index (χ1n) is 9.39. The predicted octanol–water partition coefficient (Wildman–Crippen LogP) is 5.88. The molecule has 3 aromatic carbocycles. The highest BCUT2D eigenvalue weighted by Crippen LogP contribution is 2.10. The molecule has 0 atom stereocenters. The lowest BCUT2D eigenvalue weighted by Crippen LogP contribution is -2.22. The second-order valence-corrected chi connectivity index (χ2v) is 6.64. The van der Waals surface area contributed by atoms with Crippen LogP contribution in [0.1, 0.15) is 23.1 Å². The van der Waals surface area contributed by atoms with E-state index in [-0.39, 0.29) is 0 Å². The van der Waals surface area contributed by atoms with Crippen LogP contribution in [0.5, 0.6) is 0 Å². The first-order chi connectivity index (χ1) is 12.9. The maximum absolute atomic E-state index is 2.49. The number of rotatable bonds is 9. The summed E-state index contributed by atoms with van der Waals surface area (Å²) in [7, 11) is 0. The topological polar surface area (TPSA) is 3.24 Å². The van der Waals surface area contributed by atoms with E-state index in [0.717, 1.165) is 32.5 Å². The molecule has 0 fully saturated rings. The van der Waals surface area contributed by atoms with Crippen LogP contribution in [0.25, 0.3) is 0 Å². The molecule has 26 heavy (non-hydrogen) atoms. The molecular formula is C25H27N. The fourth-order valence-electron chi connectivity index (χ4n) is 3.10. The summed E-state index contributed by atoms with van der Waals surface area (Å²) in [5.74, 6) is 0. The first-order valence-corrected chi connectivity index (χ1v) is 9.39. The van der Waals surface area contributed by atoms with Crippen molar-refractivity contribution in [2.75, 3.05) is 6.54 Å². The molecule has 0 aromatic heterocycles. The van der Waals surface area contributed by atoms with Crippen molar-refractivity contribution in [2.24, 2.45) is 0 Å². The Kier molecular flexibility index (Phi) is 7.25. The number of hydrogen-bond donors (Lipinski definition) is 0. The Balaban J connectivity index is 1.55. The van der Waals surface area contributed by atoms with Crippen molar-refractivity contribution in [3.8, 4) is 0 Å². The first kappa shape index (κ1) is 18.2. The molecule has 0 saturated heterocycles. The number of allylic oxidation sites excluding steroid dienone is 1. The molecule has 0 aliphatic carbocycles. The van der Waals surface area contributed by atoms with Crippen molar-refractivity contribution in [1.29, 1.82) is 0 Å². The summed E-state index contributed by atoms with van der Waals surface area (Å²) in [6, 6.07) is 32.1. The average molecular weight is 341 g/mol. The van der Waals surface area contributed by atoms with Gasteiger partial charge in [0.05, 0.1) is 0 Å². The van der Waals surface area contributed by atoms with Gasteiger partial charge in [0, 0.05) is 19.6 Å². The molecule has 0 unspecified atom stereocenters. The van der Waals surface area contributed by atoms with Crippen LogP contribution in [-0.4, -0.2) is 11.4 Å². The highest BCUT2D eigenvalue weighted by molar-refractivity contribution is 5.18. The maximum Gasteiger partial charge on any atom is 0.0240 e. The van der Waals surface area contributed by atoms with Gasteiger partial charge >= 0.3 is 0 Å². The van der Waals surface area contributed by atoms with Crippen molar-refractivity contribution in [3.63, 3.8) is 0 Å². The molecule has 0 heterocycles. The van der Waals surface area contributed by atoms with E-state index in [1.54, 1.807) is 0 Å². The molecule has 132 valence electrons. The minimum Gasteiger partial charge on any atom is -0.291 e. The quantitative estimate of drug-likeness (QED) is 0.439. The van der Waals surface area contributed by atoms with Crippen molar-refractivity contribution in [2.45, 2.75) is 25.9 Å². The Morgan fingerprint density at radius 3 is 1.50 bits per heavy atom. The van der Waals surface area contributed by atoms with E-state index in [1.165, 1.54) is 16.7 Å². The Morgan fingerprint density at radius 1 is 0.538 bits per heavy atom. The average Bonchev–Trinajstić information content (AvgIpc) is 2.70. The van der Waals surface area contributed by atoms with Gasteiger partial charge in [0.15, 0.2) is 0 Å². The van der Waals surface area contributed by atoms with Crippen LogP contribution in [0.15, 0.2) is 103 Å². The largest absolute Gasteiger partial charge is 0.291 e. The minimum atomic E-state index is 0.971. The zero-order valence-electron chi connectivity index (χ0n) is 15.3. The van der Waals surface area contributed by atoms with Crippen LogP contribution in [0.2, 0.25) is 0 Å². The molecule has 0 bridgehead atoms. The van der Waals surface area contributed by atoms with Gasteiger partial charge in [-0.1, -0.05) is 103 Å². The van der Waals surface area contributed by atoms with E-state index in [2.05, 4.69) is 108 Å². The summed E-state index contributed by atoms with van der Waals surface area (Å²) in [6.07, 6.45) is 6.83. The highest BCUT2D eigenvalue weighted by atomic mass is 15.1. The fourth-order valence-corrected chi connectivity index (χ4v) is 3.10. The highest BCUT2D eigenvalue weighted by Gasteiger charge is 2.05. The monoisotopic (exact) mass is 341 g/mol. The lowest BCUT2D eigenvalue weighted by Gasteiger charge is -2.21. The smallest absolute Gasteiger partial charge is 0.0240 e. The number of nitrogens with zero attached hydrogens (tertiary/aromatic N) is 1. The van der Waals surface area contributed by atoms with Crippen molar-refractivity contribution in [3.05, 3.63) is 120 Å². The third-order valence-corrected chi connectivity index (χ3v) is 4.47. The van der Waals surface area contributed by atoms with Gasteiger partial charge in [-0.3, -0.25) is 4.90 Å². The lowest BCUT2D eigenvalue weighted by atomic mass is 10.1. The SMILES string of the molecule is C(=C\CN(Cc1ccccc1)Cc1ccccc1)/CCc1ccccc1. The maximum atomic E-state index is 2.49. The van der Waals surface area contributed by atoms with E-state index >= 15 is 0 Å². The molecule has 0 aliphatic heterocycles. The van der Waals surface area contributed by atoms with Gasteiger partial charge in [0.2, 0.25) is 0 Å². The molecule has 0 N–H and O–H groups in total. The summed E-state index contributed by atoms with van der Waals surface area (Å²) in [5, 5.41) is 0. The zero-order chi connectivity index (χ0) is 17.9. The van der Waals surface area contributed by atoms with E-state index in [1.807, 2.05) is 0 Å². The van der Waals surface area contributed by atoms with E-state index in [9.17, 15) is 0 Å². The number of aryl methyl sites for hydroxylation is 1. The molecular weight excluding hydrogens is 314 g/mol. The van der Waals surface area contributed by atoms with Gasteiger partial charge in [0.25, 0.3) is 0 Å². The second kappa shape index (κ2) is 10.4. The van der Waals surface area contributed by atoms with Crippen molar-refractivity contribution in [1.82, 2.24) is 4.90 Å². The normalized spacial score (nSPS) is 11.3. The molecule has 1 heteroatoms. The van der Waals surface area contributed by atoms with Gasteiger partial charge in [0.1, 0.15) is 0 Å². The van der Waals surface area contributed by atoms with Gasteiger partial charge < -0.3 is 0 Å². The Morgan fingerprint density at radius 2 is 1.00 bits per heavy atom. The Hall–Kier alpha value is -2.64. The van der Waals surface area contributed by atoms with Gasteiger partial charge in [-0.25, -0.2) is 0 Å². The van der Waals surface area contributed by atoms with Crippen LogP contribution >= 0.6 is 0 Å². The van der Waals surface area contributed by atoms with E-state index in [0.29, 0.717) is 0 Å². The minimum absolute atomic E-state index is 0.971. The molecule has 3 rings (SSSR count). The molecule has 0 spiro atoms.